The number of amides is 1. The molecule has 0 fully saturated rings. The summed E-state index contributed by atoms with van der Waals surface area (Å²) in [7, 11) is 3.74. The van der Waals surface area contributed by atoms with Gasteiger partial charge < -0.3 is 15.0 Å². The number of para-hydroxylation sites is 1. The molecule has 6 rings (SSSR count). The van der Waals surface area contributed by atoms with E-state index in [2.05, 4.69) is 23.3 Å². The minimum Gasteiger partial charge on any atom is -0.496 e. The smallest absolute Gasteiger partial charge is 0.260 e. The number of hydrogen-bond donors (Lipinski definition) is 1. The van der Waals surface area contributed by atoms with Gasteiger partial charge in [0.05, 0.1) is 22.9 Å². The van der Waals surface area contributed by atoms with Gasteiger partial charge in [-0.25, -0.2) is 4.98 Å². The second kappa shape index (κ2) is 9.59. The monoisotopic (exact) mass is 521 g/mol. The quantitative estimate of drug-likeness (QED) is 0.281. The van der Waals surface area contributed by atoms with E-state index in [0.717, 1.165) is 56.1 Å². The summed E-state index contributed by atoms with van der Waals surface area (Å²) in [5, 5.41) is 7.10. The second-order valence-corrected chi connectivity index (χ2v) is 10.7. The van der Waals surface area contributed by atoms with Crippen LogP contribution >= 0.6 is 35.1 Å². The van der Waals surface area contributed by atoms with Crippen molar-refractivity contribution in [2.45, 2.75) is 13.0 Å². The maximum absolute atomic E-state index is 13.6. The molecule has 0 atom stereocenters. The van der Waals surface area contributed by atoms with E-state index in [0.29, 0.717) is 11.3 Å². The summed E-state index contributed by atoms with van der Waals surface area (Å²) < 4.78 is 6.74. The van der Waals surface area contributed by atoms with Crippen LogP contribution in [-0.4, -0.2) is 36.5 Å². The molecule has 3 heterocycles. The van der Waals surface area contributed by atoms with Crippen molar-refractivity contribution in [1.82, 2.24) is 9.88 Å². The van der Waals surface area contributed by atoms with Crippen molar-refractivity contribution in [3.05, 3.63) is 76.7 Å². The van der Waals surface area contributed by atoms with E-state index in [4.69, 9.17) is 9.72 Å². The molecule has 35 heavy (non-hydrogen) atoms. The summed E-state index contributed by atoms with van der Waals surface area (Å²) in [6.07, 6.45) is 0.947. The summed E-state index contributed by atoms with van der Waals surface area (Å²) in [5.74, 6) is 0.399. The van der Waals surface area contributed by atoms with Crippen LogP contribution in [0.3, 0.4) is 0 Å². The largest absolute Gasteiger partial charge is 0.496 e. The highest BCUT2D eigenvalue weighted by molar-refractivity contribution is 7.23. The van der Waals surface area contributed by atoms with Crippen LogP contribution in [0.4, 0.5) is 5.00 Å². The van der Waals surface area contributed by atoms with Gasteiger partial charge in [0.15, 0.2) is 0 Å². The number of hydrogen-bond acceptors (Lipinski definition) is 6. The molecule has 0 spiro atoms. The molecule has 1 N–H and O–H groups in total. The van der Waals surface area contributed by atoms with Crippen LogP contribution in [0.1, 0.15) is 20.8 Å². The molecule has 0 unspecified atom stereocenters. The Morgan fingerprint density at radius 1 is 1.06 bits per heavy atom. The highest BCUT2D eigenvalue weighted by Crippen LogP contribution is 2.45. The fraction of sp³-hybridized carbons (Fsp3) is 0.185. The fourth-order valence-corrected chi connectivity index (χ4v) is 6.99. The van der Waals surface area contributed by atoms with E-state index >= 15 is 0 Å². The van der Waals surface area contributed by atoms with Gasteiger partial charge in [-0.05, 0) is 54.1 Å². The molecule has 0 saturated heterocycles. The van der Waals surface area contributed by atoms with Gasteiger partial charge in [0, 0.05) is 23.5 Å². The first-order chi connectivity index (χ1) is 16.6. The number of methoxy groups -OCH3 is 1. The number of anilines is 1. The number of thiophene rings is 1. The predicted molar refractivity (Wildman–Crippen MR) is 149 cm³/mol. The van der Waals surface area contributed by atoms with Crippen LogP contribution in [0.25, 0.3) is 31.6 Å². The molecule has 5 nitrogen and oxygen atoms in total. The van der Waals surface area contributed by atoms with Crippen molar-refractivity contribution >= 4 is 67.0 Å². The number of nitrogens with one attached hydrogen (secondary N) is 1. The molecule has 5 aromatic rings. The van der Waals surface area contributed by atoms with E-state index in [9.17, 15) is 4.79 Å². The minimum absolute atomic E-state index is 0. The third-order valence-electron chi connectivity index (χ3n) is 6.29. The molecular formula is C27H24ClN3O2S2. The van der Waals surface area contributed by atoms with Crippen LogP contribution in [0.5, 0.6) is 5.75 Å². The Bertz CT molecular complexity index is 1530. The Kier molecular flexibility index (Phi) is 6.51. The Labute approximate surface area is 217 Å². The van der Waals surface area contributed by atoms with Crippen LogP contribution in [0, 0.1) is 0 Å². The second-order valence-electron chi connectivity index (χ2n) is 8.54. The first kappa shape index (κ1) is 23.8. The zero-order valence-corrected chi connectivity index (χ0v) is 21.8. The summed E-state index contributed by atoms with van der Waals surface area (Å²) in [6.45, 7) is 1.88. The SMILES string of the molecule is COc1cc2ccccc2cc1C(=O)Nc1sc2c(c1-c1nc3ccccc3s1)CCN(C)C2.Cl. The van der Waals surface area contributed by atoms with Gasteiger partial charge in [0.2, 0.25) is 0 Å². The van der Waals surface area contributed by atoms with Crippen molar-refractivity contribution < 1.29 is 9.53 Å². The molecule has 3 aromatic carbocycles. The number of nitrogens with zero attached hydrogens (tertiary/aromatic N) is 2. The molecule has 0 bridgehead atoms. The topological polar surface area (TPSA) is 54.5 Å². The van der Waals surface area contributed by atoms with E-state index < -0.39 is 0 Å². The van der Waals surface area contributed by atoms with Crippen molar-refractivity contribution in [1.29, 1.82) is 0 Å². The van der Waals surface area contributed by atoms with Gasteiger partial charge in [-0.2, -0.15) is 0 Å². The van der Waals surface area contributed by atoms with Gasteiger partial charge in [-0.3, -0.25) is 4.79 Å². The van der Waals surface area contributed by atoms with Crippen LogP contribution < -0.4 is 10.1 Å². The standard InChI is InChI=1S/C27H23N3O2S2.ClH/c1-30-12-11-18-23(15-30)34-27(24(18)26-28-20-9-5-6-10-22(20)33-26)29-25(31)19-13-16-7-3-4-8-17(16)14-21(19)32-2;/h3-10,13-14H,11-12,15H2,1-2H3,(H,29,31);1H. The van der Waals surface area contributed by atoms with Gasteiger partial charge >= 0.3 is 0 Å². The normalized spacial score (nSPS) is 13.4. The molecule has 0 saturated carbocycles. The lowest BCUT2D eigenvalue weighted by Gasteiger charge is -2.22. The third kappa shape index (κ3) is 4.29. The van der Waals surface area contributed by atoms with E-state index in [-0.39, 0.29) is 18.3 Å². The summed E-state index contributed by atoms with van der Waals surface area (Å²) in [5.41, 5.74) is 3.90. The van der Waals surface area contributed by atoms with Crippen molar-refractivity contribution in [3.63, 3.8) is 0 Å². The molecule has 0 radical (unpaired) electrons. The van der Waals surface area contributed by atoms with E-state index in [1.54, 1.807) is 29.8 Å². The van der Waals surface area contributed by atoms with Crippen LogP contribution in [0.15, 0.2) is 60.7 Å². The Morgan fingerprint density at radius 3 is 2.57 bits per heavy atom. The van der Waals surface area contributed by atoms with Crippen molar-refractivity contribution in [2.24, 2.45) is 0 Å². The van der Waals surface area contributed by atoms with Crippen LogP contribution in [-0.2, 0) is 13.0 Å². The maximum Gasteiger partial charge on any atom is 0.260 e. The van der Waals surface area contributed by atoms with Gasteiger partial charge in [0.1, 0.15) is 15.8 Å². The number of benzene rings is 3. The zero-order chi connectivity index (χ0) is 23.2. The van der Waals surface area contributed by atoms with E-state index in [1.165, 1.54) is 10.4 Å². The maximum atomic E-state index is 13.6. The fourth-order valence-electron chi connectivity index (χ4n) is 4.56. The van der Waals surface area contributed by atoms with Gasteiger partial charge in [-0.15, -0.1) is 35.1 Å². The predicted octanol–water partition coefficient (Wildman–Crippen LogP) is 6.85. The average Bonchev–Trinajstić information content (AvgIpc) is 3.43. The van der Waals surface area contributed by atoms with Gasteiger partial charge in [0.25, 0.3) is 5.91 Å². The number of fused-ring (bicyclic) bond motifs is 3. The lowest BCUT2D eigenvalue weighted by molar-refractivity contribution is 0.102. The Balaban J connectivity index is 0.00000253. The number of aromatic nitrogens is 1. The Hall–Kier alpha value is -2.97. The number of carbonyl (C=O) groups excluding carboxylic acids is 1. The number of carbonyl (C=O) groups is 1. The number of rotatable bonds is 4. The highest BCUT2D eigenvalue weighted by atomic mass is 35.5. The lowest BCUT2D eigenvalue weighted by Crippen LogP contribution is -2.25. The molecular weight excluding hydrogens is 498 g/mol. The molecule has 8 heteroatoms. The summed E-state index contributed by atoms with van der Waals surface area (Å²) in [6, 6.07) is 20.0. The molecule has 1 aliphatic heterocycles. The molecule has 2 aromatic heterocycles. The number of halogens is 1. The van der Waals surface area contributed by atoms with Crippen molar-refractivity contribution in [2.75, 3.05) is 26.0 Å². The van der Waals surface area contributed by atoms with E-state index in [1.807, 2.05) is 54.6 Å². The minimum atomic E-state index is -0.170. The highest BCUT2D eigenvalue weighted by Gasteiger charge is 2.27. The molecule has 1 amide bonds. The van der Waals surface area contributed by atoms with Crippen molar-refractivity contribution in [3.8, 4) is 16.3 Å². The number of thiazole rings is 1. The lowest BCUT2D eigenvalue weighted by atomic mass is 10.0. The molecule has 178 valence electrons. The zero-order valence-electron chi connectivity index (χ0n) is 19.3. The molecule has 1 aliphatic rings. The van der Waals surface area contributed by atoms with Gasteiger partial charge in [-0.1, -0.05) is 36.4 Å². The third-order valence-corrected chi connectivity index (χ3v) is 8.48. The molecule has 0 aliphatic carbocycles. The first-order valence-corrected chi connectivity index (χ1v) is 12.8. The number of ether oxygens (including phenoxy) is 1. The van der Waals surface area contributed by atoms with Crippen LogP contribution in [0.2, 0.25) is 0 Å². The summed E-state index contributed by atoms with van der Waals surface area (Å²) in [4.78, 5) is 22.1. The first-order valence-electron chi connectivity index (χ1n) is 11.2. The Morgan fingerprint density at radius 2 is 1.80 bits per heavy atom. The average molecular weight is 522 g/mol. The summed E-state index contributed by atoms with van der Waals surface area (Å²) >= 11 is 3.34. The number of likely N-dealkylation sites (N-methyl/N-ethyl adjacent to an activating group) is 1.